The lowest BCUT2D eigenvalue weighted by Crippen LogP contribution is -2.48. The second-order valence-corrected chi connectivity index (χ2v) is 9.99. The topological polar surface area (TPSA) is 118 Å². The first-order valence-corrected chi connectivity index (χ1v) is 12.0. The van der Waals surface area contributed by atoms with Gasteiger partial charge < -0.3 is 20.1 Å². The van der Waals surface area contributed by atoms with E-state index in [2.05, 4.69) is 10.4 Å². The van der Waals surface area contributed by atoms with Gasteiger partial charge in [-0.2, -0.15) is 9.61 Å². The molecule has 2 aromatic rings. The van der Waals surface area contributed by atoms with Gasteiger partial charge in [0.1, 0.15) is 5.65 Å². The predicted molar refractivity (Wildman–Crippen MR) is 125 cm³/mol. The quantitative estimate of drug-likeness (QED) is 0.619. The molecule has 2 N–H and O–H groups in total. The maximum atomic E-state index is 13.2. The number of nitrogens with zero attached hydrogens (tertiary/aromatic N) is 4. The van der Waals surface area contributed by atoms with E-state index in [1.54, 1.807) is 17.6 Å². The number of aryl methyl sites for hydroxylation is 1. The van der Waals surface area contributed by atoms with Crippen molar-refractivity contribution < 1.29 is 19.4 Å². The molecule has 0 radical (unpaired) electrons. The van der Waals surface area contributed by atoms with E-state index in [0.717, 1.165) is 25.7 Å². The summed E-state index contributed by atoms with van der Waals surface area (Å²) in [6.07, 6.45) is 6.78. The van der Waals surface area contributed by atoms with Crippen LogP contribution in [0.3, 0.4) is 0 Å². The van der Waals surface area contributed by atoms with Crippen molar-refractivity contribution in [2.45, 2.75) is 71.1 Å². The highest BCUT2D eigenvalue weighted by Gasteiger charge is 2.39. The third-order valence-corrected chi connectivity index (χ3v) is 6.80. The fourth-order valence-corrected chi connectivity index (χ4v) is 5.01. The summed E-state index contributed by atoms with van der Waals surface area (Å²) in [5.74, 6) is -0.949. The average molecular weight is 470 g/mol. The Morgan fingerprint density at radius 2 is 1.88 bits per heavy atom. The number of carbonyl (C=O) groups excluding carboxylic acids is 2. The first kappa shape index (κ1) is 22.6. The highest BCUT2D eigenvalue weighted by Crippen LogP contribution is 2.30. The van der Waals surface area contributed by atoms with Crippen molar-refractivity contribution in [2.24, 2.45) is 5.92 Å². The van der Waals surface area contributed by atoms with E-state index >= 15 is 0 Å². The van der Waals surface area contributed by atoms with Crippen molar-refractivity contribution in [3.05, 3.63) is 33.3 Å². The number of morpholine rings is 1. The molecule has 3 aliphatic rings. The lowest BCUT2D eigenvalue weighted by molar-refractivity contribution is -0.135. The number of aromatic nitrogens is 3. The van der Waals surface area contributed by atoms with Gasteiger partial charge in [-0.1, -0.05) is 13.8 Å². The second kappa shape index (κ2) is 8.57. The van der Waals surface area contributed by atoms with Crippen molar-refractivity contribution >= 4 is 23.5 Å². The smallest absolute Gasteiger partial charge is 0.291 e. The molecule has 0 aromatic carbocycles. The molecular weight excluding hydrogens is 438 g/mol. The molecule has 182 valence electrons. The molecule has 2 unspecified atom stereocenters. The highest BCUT2D eigenvalue weighted by atomic mass is 16.5. The molecular formula is C24H31N5O5. The van der Waals surface area contributed by atoms with Crippen molar-refractivity contribution in [3.63, 3.8) is 0 Å². The van der Waals surface area contributed by atoms with E-state index in [4.69, 9.17) is 4.74 Å². The lowest BCUT2D eigenvalue weighted by atomic mass is 10.1. The van der Waals surface area contributed by atoms with E-state index in [9.17, 15) is 19.5 Å². The number of hydrogen-bond acceptors (Lipinski definition) is 6. The van der Waals surface area contributed by atoms with Gasteiger partial charge in [0.15, 0.2) is 5.56 Å². The summed E-state index contributed by atoms with van der Waals surface area (Å²) in [5.41, 5.74) is 0.481. The monoisotopic (exact) mass is 469 g/mol. The van der Waals surface area contributed by atoms with Gasteiger partial charge in [-0.25, -0.2) is 0 Å². The molecule has 2 bridgehead atoms. The molecule has 10 nitrogen and oxygen atoms in total. The number of ether oxygens (including phenoxy) is 1. The number of carbonyl (C=O) groups is 2. The molecule has 2 aliphatic heterocycles. The summed E-state index contributed by atoms with van der Waals surface area (Å²) >= 11 is 0. The molecule has 2 aromatic heterocycles. The van der Waals surface area contributed by atoms with E-state index in [0.29, 0.717) is 36.7 Å². The molecule has 10 heteroatoms. The SMILES string of the molecule is Cc1nn2c(=O)c(C(=O)NC3CC3)c(O)n(CC(C)C)c2c1/C=C/C(=O)N1C2CCC1COC2. The van der Waals surface area contributed by atoms with E-state index in [1.807, 2.05) is 18.7 Å². The standard InChI is InChI=1S/C24H31N5O5/c1-13(2)10-27-22-18(8-9-19(30)28-16-6-7-17(28)12-34-11-16)14(3)26-29(22)24(33)20(23(27)32)21(31)25-15-4-5-15/h8-9,13,15-17,32H,4-7,10-12H2,1-3H3,(H,25,31)/b9-8+. The summed E-state index contributed by atoms with van der Waals surface area (Å²) in [7, 11) is 0. The fourth-order valence-electron chi connectivity index (χ4n) is 5.01. The summed E-state index contributed by atoms with van der Waals surface area (Å²) in [6, 6.07) is 0.230. The molecule has 0 spiro atoms. The fraction of sp³-hybridized carbons (Fsp3) is 0.583. The molecule has 2 saturated heterocycles. The van der Waals surface area contributed by atoms with Gasteiger partial charge >= 0.3 is 0 Å². The predicted octanol–water partition coefficient (Wildman–Crippen LogP) is 1.46. The van der Waals surface area contributed by atoms with Gasteiger partial charge in [0.05, 0.1) is 31.0 Å². The van der Waals surface area contributed by atoms with E-state index < -0.39 is 11.5 Å². The summed E-state index contributed by atoms with van der Waals surface area (Å²) in [5, 5.41) is 18.2. The zero-order valence-electron chi connectivity index (χ0n) is 19.8. The zero-order valence-corrected chi connectivity index (χ0v) is 19.8. The van der Waals surface area contributed by atoms with Gasteiger partial charge in [0, 0.05) is 24.2 Å². The number of rotatable bonds is 6. The van der Waals surface area contributed by atoms with Crippen LogP contribution in [0.15, 0.2) is 10.9 Å². The number of fused-ring (bicyclic) bond motifs is 3. The maximum Gasteiger partial charge on any atom is 0.291 e. The Labute approximate surface area is 197 Å². The molecule has 34 heavy (non-hydrogen) atoms. The van der Waals surface area contributed by atoms with Gasteiger partial charge in [-0.15, -0.1) is 0 Å². The second-order valence-electron chi connectivity index (χ2n) is 9.99. The van der Waals surface area contributed by atoms with Gasteiger partial charge in [0.25, 0.3) is 11.5 Å². The van der Waals surface area contributed by atoms with Crippen molar-refractivity contribution in [1.29, 1.82) is 0 Å². The summed E-state index contributed by atoms with van der Waals surface area (Å²) in [4.78, 5) is 40.9. The minimum Gasteiger partial charge on any atom is -0.494 e. The van der Waals surface area contributed by atoms with Gasteiger partial charge in [0.2, 0.25) is 11.8 Å². The third kappa shape index (κ3) is 3.89. The Balaban J connectivity index is 1.58. The number of aromatic hydroxyl groups is 1. The minimum absolute atomic E-state index is 0.0416. The molecule has 3 fully saturated rings. The van der Waals surface area contributed by atoms with Crippen LogP contribution in [0.5, 0.6) is 5.88 Å². The Hall–Kier alpha value is -3.14. The lowest BCUT2D eigenvalue weighted by Gasteiger charge is -2.33. The Morgan fingerprint density at radius 3 is 2.50 bits per heavy atom. The average Bonchev–Trinajstić information content (AvgIpc) is 3.48. The molecule has 5 rings (SSSR count). The van der Waals surface area contributed by atoms with Gasteiger partial charge in [-0.3, -0.25) is 19.0 Å². The molecule has 2 atom stereocenters. The van der Waals surface area contributed by atoms with Crippen LogP contribution in [-0.2, 0) is 16.1 Å². The number of amides is 2. The van der Waals surface area contributed by atoms with Crippen LogP contribution in [-0.4, -0.2) is 67.3 Å². The van der Waals surface area contributed by atoms with E-state index in [-0.39, 0.29) is 41.4 Å². The minimum atomic E-state index is -0.675. The number of nitrogens with one attached hydrogen (secondary N) is 1. The number of hydrogen-bond donors (Lipinski definition) is 2. The van der Waals surface area contributed by atoms with Crippen LogP contribution < -0.4 is 10.9 Å². The molecule has 2 amide bonds. The Bertz CT molecular complexity index is 1220. The van der Waals surface area contributed by atoms with Crippen LogP contribution >= 0.6 is 0 Å². The van der Waals surface area contributed by atoms with Crippen molar-refractivity contribution in [3.8, 4) is 5.88 Å². The van der Waals surface area contributed by atoms with Crippen molar-refractivity contribution in [2.75, 3.05) is 13.2 Å². The molecule has 4 heterocycles. The first-order chi connectivity index (χ1) is 16.3. The summed E-state index contributed by atoms with van der Waals surface area (Å²) < 4.78 is 8.29. The maximum absolute atomic E-state index is 13.2. The van der Waals surface area contributed by atoms with Gasteiger partial charge in [-0.05, 0) is 44.6 Å². The zero-order chi connectivity index (χ0) is 24.1. The van der Waals surface area contributed by atoms with Crippen molar-refractivity contribution in [1.82, 2.24) is 24.4 Å². The summed E-state index contributed by atoms with van der Waals surface area (Å²) in [6.45, 7) is 7.18. The first-order valence-electron chi connectivity index (χ1n) is 12.0. The van der Waals surface area contributed by atoms with Crippen LogP contribution in [0.1, 0.15) is 61.1 Å². The van der Waals surface area contributed by atoms with Crippen LogP contribution in [0.2, 0.25) is 0 Å². The Morgan fingerprint density at radius 1 is 1.21 bits per heavy atom. The largest absolute Gasteiger partial charge is 0.494 e. The third-order valence-electron chi connectivity index (χ3n) is 6.80. The molecule has 1 saturated carbocycles. The Kier molecular flexibility index (Phi) is 5.71. The van der Waals surface area contributed by atoms with Crippen LogP contribution in [0.4, 0.5) is 0 Å². The van der Waals surface area contributed by atoms with Crippen LogP contribution in [0, 0.1) is 12.8 Å². The highest BCUT2D eigenvalue weighted by molar-refractivity contribution is 5.97. The normalized spacial score (nSPS) is 22.3. The van der Waals surface area contributed by atoms with Crippen LogP contribution in [0.25, 0.3) is 11.7 Å². The molecule has 1 aliphatic carbocycles. The van der Waals surface area contributed by atoms with E-state index in [1.165, 1.54) is 10.6 Å².